The van der Waals surface area contributed by atoms with Crippen LogP contribution in [-0.2, 0) is 0 Å². The van der Waals surface area contributed by atoms with Crippen molar-refractivity contribution in [2.75, 3.05) is 13.1 Å². The van der Waals surface area contributed by atoms with Crippen LogP contribution in [0.25, 0.3) is 0 Å². The number of nitrogens with zero attached hydrogens (tertiary/aromatic N) is 7. The van der Waals surface area contributed by atoms with Crippen LogP contribution in [0.2, 0.25) is 0 Å². The van der Waals surface area contributed by atoms with Gasteiger partial charge in [-0.3, -0.25) is 60.7 Å². The number of urea groups is 1. The Morgan fingerprint density at radius 3 is 1.30 bits per heavy atom. The molecule has 0 atom stereocenters. The van der Waals surface area contributed by atoms with Crippen LogP contribution in [0, 0.1) is 60.7 Å². The molecule has 2 amide bonds. The Kier molecular flexibility index (Phi) is 6.41. The molecule has 0 aliphatic rings. The van der Waals surface area contributed by atoms with E-state index >= 15 is 0 Å². The van der Waals surface area contributed by atoms with E-state index in [1.54, 1.807) is 0 Å². The summed E-state index contributed by atoms with van der Waals surface area (Å²) >= 11 is 0. The number of hydrogen-bond donors (Lipinski definition) is 1. The summed E-state index contributed by atoms with van der Waals surface area (Å²) in [6.07, 6.45) is 0. The first kappa shape index (κ1) is 22.6. The lowest BCUT2D eigenvalue weighted by Gasteiger charge is -2.15. The van der Waals surface area contributed by atoms with Gasteiger partial charge in [-0.1, -0.05) is 4.48 Å². The molecule has 0 rings (SSSR count). The number of nitro groups is 6. The third kappa shape index (κ3) is 3.82. The highest BCUT2D eigenvalue weighted by Crippen LogP contribution is 2.16. The molecule has 0 unspecified atom stereocenters. The predicted molar refractivity (Wildman–Crippen MR) is 68.6 cm³/mol. The van der Waals surface area contributed by atoms with Crippen molar-refractivity contribution < 1.29 is 38.8 Å². The van der Waals surface area contributed by atoms with E-state index in [1.165, 1.54) is 0 Å². The molecular formula is C5H5FN8O13. The zero-order valence-electron chi connectivity index (χ0n) is 12.2. The van der Waals surface area contributed by atoms with Crippen LogP contribution in [0.15, 0.2) is 0 Å². The van der Waals surface area contributed by atoms with E-state index in [1.807, 2.05) is 0 Å². The average molecular weight is 404 g/mol. The Morgan fingerprint density at radius 1 is 0.741 bits per heavy atom. The van der Waals surface area contributed by atoms with E-state index < -0.39 is 65.4 Å². The molecule has 0 aromatic heterocycles. The lowest BCUT2D eigenvalue weighted by molar-refractivity contribution is -0.968. The summed E-state index contributed by atoms with van der Waals surface area (Å²) in [5.74, 6) is -8.78. The Morgan fingerprint density at radius 2 is 1.04 bits per heavy atom. The van der Waals surface area contributed by atoms with Crippen molar-refractivity contribution in [3.63, 3.8) is 0 Å². The summed E-state index contributed by atoms with van der Waals surface area (Å²) < 4.78 is 13.5. The SMILES string of the molecule is O=C(NCC([N+](=O)[O-])([N+](=O)[O-])[N+](=O)[O-])N(F)CC([N+](=O)[O-])([N+](=O)[O-])[N+](=O)[O-]. The highest BCUT2D eigenvalue weighted by molar-refractivity contribution is 5.72. The quantitative estimate of drug-likeness (QED) is 0.176. The summed E-state index contributed by atoms with van der Waals surface area (Å²) in [5.41, 5.74) is 0. The molecule has 0 bridgehead atoms. The fourth-order valence-electron chi connectivity index (χ4n) is 1.30. The first-order valence-electron chi connectivity index (χ1n) is 5.76. The van der Waals surface area contributed by atoms with E-state index in [4.69, 9.17) is 0 Å². The van der Waals surface area contributed by atoms with Gasteiger partial charge in [0.2, 0.25) is 6.54 Å². The van der Waals surface area contributed by atoms with Gasteiger partial charge in [0.25, 0.3) is 6.54 Å². The van der Waals surface area contributed by atoms with Crippen molar-refractivity contribution in [1.82, 2.24) is 10.4 Å². The third-order valence-corrected chi connectivity index (χ3v) is 2.80. The second-order valence-corrected chi connectivity index (χ2v) is 4.27. The molecule has 0 spiro atoms. The summed E-state index contributed by atoms with van der Waals surface area (Å²) in [4.78, 5) is 62.1. The Balaban J connectivity index is 5.59. The fraction of sp³-hybridized carbons (Fsp3) is 0.800. The van der Waals surface area contributed by atoms with Gasteiger partial charge >= 0.3 is 17.6 Å². The molecule has 0 radical (unpaired) electrons. The molecule has 0 heterocycles. The topological polar surface area (TPSA) is 291 Å². The molecule has 27 heavy (non-hydrogen) atoms. The van der Waals surface area contributed by atoms with Gasteiger partial charge in [-0.2, -0.15) is 0 Å². The molecule has 22 heteroatoms. The smallest absolute Gasteiger partial charge is 0.315 e. The maximum atomic E-state index is 13.5. The minimum Gasteiger partial charge on any atom is -0.315 e. The van der Waals surface area contributed by atoms with Gasteiger partial charge in [0.05, 0.1) is 0 Å². The van der Waals surface area contributed by atoms with Crippen molar-refractivity contribution in [3.8, 4) is 0 Å². The molecule has 0 fully saturated rings. The van der Waals surface area contributed by atoms with Crippen LogP contribution < -0.4 is 5.32 Å². The standard InChI is InChI=1S/C5H5FN8O13/c6-8(2-5(12(22)23,13(24)25)14(26)27)3(15)7-1-4(9(16)17,10(18)19)11(20)21/h1-2H2,(H,7,15). The zero-order chi connectivity index (χ0) is 21.7. The maximum Gasteiger partial charge on any atom is 0.720 e. The molecule has 0 aliphatic heterocycles. The minimum absolute atomic E-state index is 0.926. The van der Waals surface area contributed by atoms with Crippen LogP contribution in [-0.4, -0.2) is 65.4 Å². The van der Waals surface area contributed by atoms with Crippen LogP contribution in [0.1, 0.15) is 0 Å². The van der Waals surface area contributed by atoms with Gasteiger partial charge < -0.3 is 5.32 Å². The normalized spacial score (nSPS) is 11.1. The molecule has 0 saturated heterocycles. The Hall–Kier alpha value is -4.40. The molecule has 21 nitrogen and oxygen atoms in total. The van der Waals surface area contributed by atoms with E-state index in [2.05, 4.69) is 0 Å². The van der Waals surface area contributed by atoms with Crippen LogP contribution in [0.5, 0.6) is 0 Å². The van der Waals surface area contributed by atoms with Crippen molar-refractivity contribution in [1.29, 1.82) is 0 Å². The second-order valence-electron chi connectivity index (χ2n) is 4.27. The molecule has 0 aliphatic carbocycles. The lowest BCUT2D eigenvalue weighted by Crippen LogP contribution is -2.63. The van der Waals surface area contributed by atoms with Crippen molar-refractivity contribution in [2.45, 2.75) is 11.6 Å². The van der Waals surface area contributed by atoms with Gasteiger partial charge in [0, 0.05) is 0 Å². The molecule has 1 N–H and O–H groups in total. The highest BCUT2D eigenvalue weighted by Gasteiger charge is 2.73. The summed E-state index contributed by atoms with van der Waals surface area (Å²) in [6, 6.07) is -2.43. The summed E-state index contributed by atoms with van der Waals surface area (Å²) in [7, 11) is 0. The molecule has 0 aromatic rings. The zero-order valence-corrected chi connectivity index (χ0v) is 12.2. The monoisotopic (exact) mass is 404 g/mol. The number of amides is 2. The van der Waals surface area contributed by atoms with Gasteiger partial charge in [-0.15, -0.1) is 5.12 Å². The van der Waals surface area contributed by atoms with Gasteiger partial charge in [0.1, 0.15) is 0 Å². The number of hydrogen-bond acceptors (Lipinski definition) is 13. The predicted octanol–water partition coefficient (Wildman–Crippen LogP) is -2.15. The maximum absolute atomic E-state index is 13.5. The van der Waals surface area contributed by atoms with E-state index in [-0.39, 0.29) is 0 Å². The Labute approximate surface area is 142 Å². The van der Waals surface area contributed by atoms with Crippen LogP contribution in [0.4, 0.5) is 9.28 Å². The van der Waals surface area contributed by atoms with Crippen molar-refractivity contribution in [3.05, 3.63) is 60.7 Å². The number of carbonyl (C=O) groups is 1. The fourth-order valence-corrected chi connectivity index (χ4v) is 1.30. The largest absolute Gasteiger partial charge is 0.720 e. The number of nitrogens with one attached hydrogen (secondary N) is 1. The number of carbonyl (C=O) groups excluding carboxylic acids is 1. The average Bonchev–Trinajstić information content (AvgIpc) is 2.50. The summed E-state index contributed by atoms with van der Waals surface area (Å²) in [6.45, 7) is -4.59. The van der Waals surface area contributed by atoms with Gasteiger partial charge in [-0.05, 0) is 0 Å². The van der Waals surface area contributed by atoms with E-state index in [0.29, 0.717) is 0 Å². The summed E-state index contributed by atoms with van der Waals surface area (Å²) in [5, 5.41) is 62.8. The minimum atomic E-state index is -4.49. The molecular weight excluding hydrogens is 399 g/mol. The van der Waals surface area contributed by atoms with Crippen LogP contribution >= 0.6 is 0 Å². The molecule has 150 valence electrons. The Bertz CT molecular complexity index is 649. The highest BCUT2D eigenvalue weighted by atomic mass is 19.2. The third-order valence-electron chi connectivity index (χ3n) is 2.80. The first-order chi connectivity index (χ1) is 12.2. The van der Waals surface area contributed by atoms with E-state index in [9.17, 15) is 70.0 Å². The molecule has 0 aromatic carbocycles. The second kappa shape index (κ2) is 7.66. The number of rotatable bonds is 10. The van der Waals surface area contributed by atoms with Crippen molar-refractivity contribution in [2.24, 2.45) is 0 Å². The number of halogens is 1. The van der Waals surface area contributed by atoms with Gasteiger partial charge in [-0.25, -0.2) is 4.79 Å². The first-order valence-corrected chi connectivity index (χ1v) is 5.76. The lowest BCUT2D eigenvalue weighted by atomic mass is 10.3. The van der Waals surface area contributed by atoms with Crippen molar-refractivity contribution >= 4 is 6.03 Å². The van der Waals surface area contributed by atoms with Crippen LogP contribution in [0.3, 0.4) is 0 Å². The molecule has 0 saturated carbocycles. The van der Waals surface area contributed by atoms with Gasteiger partial charge in [0.15, 0.2) is 29.5 Å². The van der Waals surface area contributed by atoms with E-state index in [0.717, 1.165) is 5.32 Å².